The zero-order valence-corrected chi connectivity index (χ0v) is 12.2. The number of nitrogens with zero attached hydrogens (tertiary/aromatic N) is 4. The van der Waals surface area contributed by atoms with Gasteiger partial charge in [0.15, 0.2) is 11.6 Å². The van der Waals surface area contributed by atoms with Crippen LogP contribution in [0.3, 0.4) is 0 Å². The van der Waals surface area contributed by atoms with Gasteiger partial charge in [-0.1, -0.05) is 29.8 Å². The van der Waals surface area contributed by atoms with Crippen LogP contribution in [0, 0.1) is 6.92 Å². The van der Waals surface area contributed by atoms with Crippen LogP contribution in [0.4, 0.5) is 5.82 Å². The fraction of sp³-hybridized carbons (Fsp3) is 0.188. The molecule has 0 aliphatic rings. The summed E-state index contributed by atoms with van der Waals surface area (Å²) in [5.74, 6) is 1.86. The van der Waals surface area contributed by atoms with Crippen molar-refractivity contribution in [1.82, 2.24) is 15.2 Å². The minimum atomic E-state index is 0.486. The Kier molecular flexibility index (Phi) is 3.39. The van der Waals surface area contributed by atoms with Crippen molar-refractivity contribution in [1.29, 1.82) is 0 Å². The summed E-state index contributed by atoms with van der Waals surface area (Å²) >= 11 is 0. The minimum absolute atomic E-state index is 0.486. The largest absolute Gasteiger partial charge is 0.461 e. The van der Waals surface area contributed by atoms with Crippen LogP contribution in [0.5, 0.6) is 0 Å². The monoisotopic (exact) mass is 280 g/mol. The van der Waals surface area contributed by atoms with Gasteiger partial charge in [-0.3, -0.25) is 0 Å². The summed E-state index contributed by atoms with van der Waals surface area (Å²) in [6.07, 6.45) is 1.60. The number of benzene rings is 1. The van der Waals surface area contributed by atoms with Crippen LogP contribution in [-0.4, -0.2) is 29.3 Å². The van der Waals surface area contributed by atoms with Gasteiger partial charge in [0.25, 0.3) is 0 Å². The molecule has 5 heteroatoms. The Bertz CT molecular complexity index is 733. The second-order valence-electron chi connectivity index (χ2n) is 5.05. The zero-order chi connectivity index (χ0) is 14.8. The molecule has 0 spiro atoms. The standard InChI is InChI=1S/C16H16N4O/c1-11-6-8-12(9-7-11)14-16(20(2)3)17-15(19-18-14)13-5-4-10-21-13/h4-10H,1-3H3. The Morgan fingerprint density at radius 2 is 1.76 bits per heavy atom. The topological polar surface area (TPSA) is 55.1 Å². The van der Waals surface area contributed by atoms with Crippen LogP contribution in [0.2, 0.25) is 0 Å². The van der Waals surface area contributed by atoms with E-state index in [4.69, 9.17) is 4.42 Å². The van der Waals surface area contributed by atoms with Crippen molar-refractivity contribution in [2.45, 2.75) is 6.92 Å². The van der Waals surface area contributed by atoms with E-state index >= 15 is 0 Å². The highest BCUT2D eigenvalue weighted by Gasteiger charge is 2.15. The number of rotatable bonds is 3. The van der Waals surface area contributed by atoms with Crippen LogP contribution in [0.15, 0.2) is 47.1 Å². The molecular formula is C16H16N4O. The zero-order valence-electron chi connectivity index (χ0n) is 12.2. The Morgan fingerprint density at radius 1 is 1.00 bits per heavy atom. The molecule has 3 aromatic rings. The van der Waals surface area contributed by atoms with Crippen molar-refractivity contribution in [3.8, 4) is 22.8 Å². The third-order valence-corrected chi connectivity index (χ3v) is 3.16. The van der Waals surface area contributed by atoms with E-state index in [2.05, 4.69) is 34.2 Å². The minimum Gasteiger partial charge on any atom is -0.461 e. The molecule has 1 aromatic carbocycles. The first-order valence-electron chi connectivity index (χ1n) is 6.68. The number of aryl methyl sites for hydroxylation is 1. The summed E-state index contributed by atoms with van der Waals surface area (Å²) in [6, 6.07) is 11.8. The van der Waals surface area contributed by atoms with E-state index in [-0.39, 0.29) is 0 Å². The van der Waals surface area contributed by atoms with Gasteiger partial charge in [0.1, 0.15) is 5.69 Å². The fourth-order valence-electron chi connectivity index (χ4n) is 2.04. The Labute approximate surface area is 123 Å². The lowest BCUT2D eigenvalue weighted by molar-refractivity contribution is 0.575. The summed E-state index contributed by atoms with van der Waals surface area (Å²) in [5, 5.41) is 8.52. The molecular weight excluding hydrogens is 264 g/mol. The normalized spacial score (nSPS) is 10.6. The Morgan fingerprint density at radius 3 is 2.38 bits per heavy atom. The SMILES string of the molecule is Cc1ccc(-c2nnc(-c3ccco3)nc2N(C)C)cc1. The first-order chi connectivity index (χ1) is 10.1. The summed E-state index contributed by atoms with van der Waals surface area (Å²) in [6.45, 7) is 2.06. The molecule has 0 unspecified atom stereocenters. The third-order valence-electron chi connectivity index (χ3n) is 3.16. The highest BCUT2D eigenvalue weighted by Crippen LogP contribution is 2.27. The molecule has 5 nitrogen and oxygen atoms in total. The van der Waals surface area contributed by atoms with Crippen LogP contribution >= 0.6 is 0 Å². The molecule has 0 atom stereocenters. The lowest BCUT2D eigenvalue weighted by Gasteiger charge is -2.15. The number of anilines is 1. The smallest absolute Gasteiger partial charge is 0.219 e. The summed E-state index contributed by atoms with van der Waals surface area (Å²) in [4.78, 5) is 6.50. The lowest BCUT2D eigenvalue weighted by atomic mass is 10.1. The van der Waals surface area contributed by atoms with Crippen molar-refractivity contribution in [2.75, 3.05) is 19.0 Å². The quantitative estimate of drug-likeness (QED) is 0.737. The molecule has 2 aromatic heterocycles. The maximum atomic E-state index is 5.33. The molecule has 0 fully saturated rings. The predicted molar refractivity (Wildman–Crippen MR) is 82.0 cm³/mol. The third kappa shape index (κ3) is 2.63. The van der Waals surface area contributed by atoms with Gasteiger partial charge in [-0.05, 0) is 19.1 Å². The van der Waals surface area contributed by atoms with Gasteiger partial charge in [0.05, 0.1) is 6.26 Å². The van der Waals surface area contributed by atoms with Crippen LogP contribution < -0.4 is 4.90 Å². The molecule has 0 bridgehead atoms. The second kappa shape index (κ2) is 5.36. The van der Waals surface area contributed by atoms with Gasteiger partial charge in [0, 0.05) is 19.7 Å². The van der Waals surface area contributed by atoms with Crippen molar-refractivity contribution in [2.24, 2.45) is 0 Å². The van der Waals surface area contributed by atoms with E-state index in [9.17, 15) is 0 Å². The van der Waals surface area contributed by atoms with Gasteiger partial charge in [-0.25, -0.2) is 4.98 Å². The molecule has 0 aliphatic heterocycles. The summed E-state index contributed by atoms with van der Waals surface area (Å²) in [5.41, 5.74) is 2.96. The van der Waals surface area contributed by atoms with E-state index in [0.717, 1.165) is 17.1 Å². The number of aromatic nitrogens is 3. The fourth-order valence-corrected chi connectivity index (χ4v) is 2.04. The van der Waals surface area contributed by atoms with Crippen molar-refractivity contribution < 1.29 is 4.42 Å². The van der Waals surface area contributed by atoms with Gasteiger partial charge in [-0.15, -0.1) is 10.2 Å². The van der Waals surface area contributed by atoms with Crippen molar-refractivity contribution >= 4 is 5.82 Å². The second-order valence-corrected chi connectivity index (χ2v) is 5.05. The molecule has 2 heterocycles. The molecule has 106 valence electrons. The highest BCUT2D eigenvalue weighted by molar-refractivity contribution is 5.72. The van der Waals surface area contributed by atoms with Crippen molar-refractivity contribution in [3.05, 3.63) is 48.2 Å². The number of hydrogen-bond acceptors (Lipinski definition) is 5. The summed E-state index contributed by atoms with van der Waals surface area (Å²) in [7, 11) is 3.88. The van der Waals surface area contributed by atoms with E-state index in [1.807, 2.05) is 43.3 Å². The Hall–Kier alpha value is -2.69. The first-order valence-corrected chi connectivity index (χ1v) is 6.68. The average molecular weight is 280 g/mol. The van der Waals surface area contributed by atoms with E-state index < -0.39 is 0 Å². The lowest BCUT2D eigenvalue weighted by Crippen LogP contribution is -2.14. The van der Waals surface area contributed by atoms with Gasteiger partial charge in [-0.2, -0.15) is 0 Å². The van der Waals surface area contributed by atoms with Crippen LogP contribution in [0.1, 0.15) is 5.56 Å². The van der Waals surface area contributed by atoms with Crippen LogP contribution in [-0.2, 0) is 0 Å². The highest BCUT2D eigenvalue weighted by atomic mass is 16.3. The molecule has 0 N–H and O–H groups in total. The van der Waals surface area contributed by atoms with E-state index in [1.165, 1.54) is 5.56 Å². The Balaban J connectivity index is 2.11. The number of furan rings is 1. The van der Waals surface area contributed by atoms with Crippen LogP contribution in [0.25, 0.3) is 22.8 Å². The molecule has 0 saturated carbocycles. The maximum absolute atomic E-state index is 5.33. The maximum Gasteiger partial charge on any atom is 0.219 e. The molecule has 0 amide bonds. The molecule has 3 rings (SSSR count). The molecule has 0 aliphatic carbocycles. The van der Waals surface area contributed by atoms with Gasteiger partial charge >= 0.3 is 0 Å². The van der Waals surface area contributed by atoms with E-state index in [1.54, 1.807) is 6.26 Å². The van der Waals surface area contributed by atoms with E-state index in [0.29, 0.717) is 11.6 Å². The molecule has 21 heavy (non-hydrogen) atoms. The number of hydrogen-bond donors (Lipinski definition) is 0. The molecule has 0 radical (unpaired) electrons. The summed E-state index contributed by atoms with van der Waals surface area (Å²) < 4.78 is 5.33. The van der Waals surface area contributed by atoms with Crippen molar-refractivity contribution in [3.63, 3.8) is 0 Å². The van der Waals surface area contributed by atoms with Gasteiger partial charge < -0.3 is 9.32 Å². The van der Waals surface area contributed by atoms with Gasteiger partial charge in [0.2, 0.25) is 5.82 Å². The first kappa shape index (κ1) is 13.3. The average Bonchev–Trinajstić information content (AvgIpc) is 3.02. The molecule has 0 saturated heterocycles. The predicted octanol–water partition coefficient (Wildman–Crippen LogP) is 3.17.